The molecule has 2 rings (SSSR count). The standard InChI is InChI=1S/C26H38N2O8.ClH/c1-4-7-12-20(29)33-17-19-23(35-21(30)13-8-5-2)24(36-22(31)14-9-6-3)26(34-19)28-15-10-11-18(16-28)25(27)32;/h10-11,15-16,19,23-24,26H,4-9,12-14,17H2,1-3H3,(H-,27,32);1H/t19?,23-,24-,26-;/m1./s1. The molecular formula is C26H39ClN2O8. The summed E-state index contributed by atoms with van der Waals surface area (Å²) in [6.45, 7) is 5.71. The number of primary amides is 1. The fourth-order valence-electron chi connectivity index (χ4n) is 3.78. The summed E-state index contributed by atoms with van der Waals surface area (Å²) in [6.07, 6.45) is 4.36. The number of nitrogens with zero attached hydrogens (tertiary/aromatic N) is 1. The Balaban J connectivity index is 0.00000684. The van der Waals surface area contributed by atoms with Gasteiger partial charge in [-0.15, -0.1) is 0 Å². The maximum Gasteiger partial charge on any atom is 0.306 e. The molecule has 1 aliphatic heterocycles. The molecule has 1 unspecified atom stereocenters. The zero-order chi connectivity index (χ0) is 26.5. The Morgan fingerprint density at radius 1 is 0.892 bits per heavy atom. The molecule has 0 bridgehead atoms. The molecule has 0 aliphatic carbocycles. The highest BCUT2D eigenvalue weighted by Crippen LogP contribution is 2.32. The molecule has 1 aromatic heterocycles. The predicted octanol–water partition coefficient (Wildman–Crippen LogP) is -0.0882. The summed E-state index contributed by atoms with van der Waals surface area (Å²) in [5.41, 5.74) is 5.66. The van der Waals surface area contributed by atoms with Crippen LogP contribution in [0.3, 0.4) is 0 Å². The first-order valence-electron chi connectivity index (χ1n) is 12.8. The van der Waals surface area contributed by atoms with Crippen molar-refractivity contribution in [3.05, 3.63) is 30.1 Å². The molecule has 0 spiro atoms. The third-order valence-electron chi connectivity index (χ3n) is 5.83. The molecule has 10 nitrogen and oxygen atoms in total. The molecule has 11 heteroatoms. The number of unbranched alkanes of at least 4 members (excludes halogenated alkanes) is 3. The second-order valence-electron chi connectivity index (χ2n) is 8.87. The van der Waals surface area contributed by atoms with Crippen LogP contribution in [0.15, 0.2) is 24.5 Å². The first-order valence-corrected chi connectivity index (χ1v) is 12.8. The van der Waals surface area contributed by atoms with Crippen LogP contribution >= 0.6 is 0 Å². The van der Waals surface area contributed by atoms with Crippen LogP contribution in [0.25, 0.3) is 0 Å². The van der Waals surface area contributed by atoms with Gasteiger partial charge in [-0.25, -0.2) is 0 Å². The van der Waals surface area contributed by atoms with Crippen LogP contribution in [-0.4, -0.2) is 48.7 Å². The lowest BCUT2D eigenvalue weighted by Crippen LogP contribution is -3.00. The molecule has 1 fully saturated rings. The van der Waals surface area contributed by atoms with Gasteiger partial charge >= 0.3 is 24.1 Å². The van der Waals surface area contributed by atoms with Crippen molar-refractivity contribution < 1.29 is 55.1 Å². The van der Waals surface area contributed by atoms with E-state index in [9.17, 15) is 19.2 Å². The summed E-state index contributed by atoms with van der Waals surface area (Å²) in [5, 5.41) is 0. The van der Waals surface area contributed by atoms with E-state index in [1.807, 2.05) is 20.8 Å². The van der Waals surface area contributed by atoms with Crippen molar-refractivity contribution in [1.82, 2.24) is 0 Å². The number of amides is 1. The molecule has 0 saturated carbocycles. The molecule has 1 amide bonds. The fraction of sp³-hybridized carbons (Fsp3) is 0.654. The molecule has 4 atom stereocenters. The SMILES string of the molecule is CCCCC(=O)OCC1O[C@@H]([n+]2cccc(C(N)=O)c2)[C@H](OC(=O)CCCC)[C@@H]1OC(=O)CCCC.[Cl-]. The van der Waals surface area contributed by atoms with Crippen LogP contribution in [0, 0.1) is 0 Å². The average molecular weight is 543 g/mol. The summed E-state index contributed by atoms with van der Waals surface area (Å²) in [5.74, 6) is -1.95. The van der Waals surface area contributed by atoms with Crippen molar-refractivity contribution in [2.75, 3.05) is 6.61 Å². The number of hydrogen-bond donors (Lipinski definition) is 1. The largest absolute Gasteiger partial charge is 1.00 e. The van der Waals surface area contributed by atoms with E-state index in [1.165, 1.54) is 6.20 Å². The number of carbonyl (C=O) groups is 4. The van der Waals surface area contributed by atoms with Crippen molar-refractivity contribution in [3.8, 4) is 0 Å². The number of aromatic nitrogens is 1. The van der Waals surface area contributed by atoms with Crippen molar-refractivity contribution in [2.24, 2.45) is 5.73 Å². The van der Waals surface area contributed by atoms with E-state index in [0.717, 1.165) is 19.3 Å². The minimum Gasteiger partial charge on any atom is -1.00 e. The van der Waals surface area contributed by atoms with Gasteiger partial charge in [0.15, 0.2) is 18.5 Å². The van der Waals surface area contributed by atoms with Gasteiger partial charge in [0.05, 0.1) is 0 Å². The molecule has 2 heterocycles. The minimum atomic E-state index is -1.02. The van der Waals surface area contributed by atoms with Crippen molar-refractivity contribution >= 4 is 23.8 Å². The number of hydrogen-bond acceptors (Lipinski definition) is 8. The summed E-state index contributed by atoms with van der Waals surface area (Å²) in [7, 11) is 0. The van der Waals surface area contributed by atoms with E-state index < -0.39 is 42.4 Å². The van der Waals surface area contributed by atoms with Crippen LogP contribution in [0.2, 0.25) is 0 Å². The summed E-state index contributed by atoms with van der Waals surface area (Å²) in [6, 6.07) is 3.16. The van der Waals surface area contributed by atoms with Gasteiger partial charge in [-0.2, -0.15) is 4.57 Å². The van der Waals surface area contributed by atoms with Crippen molar-refractivity contribution in [2.45, 2.75) is 103 Å². The Morgan fingerprint density at radius 3 is 1.97 bits per heavy atom. The van der Waals surface area contributed by atoms with E-state index >= 15 is 0 Å². The topological polar surface area (TPSA) is 135 Å². The van der Waals surface area contributed by atoms with Gasteiger partial charge in [0.2, 0.25) is 6.10 Å². The Bertz CT molecular complexity index is 897. The maximum absolute atomic E-state index is 12.6. The summed E-state index contributed by atoms with van der Waals surface area (Å²) in [4.78, 5) is 49.1. The van der Waals surface area contributed by atoms with E-state index in [0.29, 0.717) is 19.3 Å². The van der Waals surface area contributed by atoms with Crippen LogP contribution in [0.1, 0.15) is 95.1 Å². The Labute approximate surface area is 224 Å². The summed E-state index contributed by atoms with van der Waals surface area (Å²) < 4.78 is 24.6. The van der Waals surface area contributed by atoms with E-state index in [2.05, 4.69) is 0 Å². The second kappa shape index (κ2) is 16.9. The Morgan fingerprint density at radius 2 is 1.43 bits per heavy atom. The molecule has 1 saturated heterocycles. The average Bonchev–Trinajstić information content (AvgIpc) is 3.20. The monoisotopic (exact) mass is 542 g/mol. The van der Waals surface area contributed by atoms with Gasteiger partial charge in [-0.05, 0) is 25.3 Å². The highest BCUT2D eigenvalue weighted by Gasteiger charge is 2.55. The lowest BCUT2D eigenvalue weighted by atomic mass is 10.1. The van der Waals surface area contributed by atoms with Gasteiger partial charge in [-0.3, -0.25) is 19.2 Å². The molecule has 0 aromatic carbocycles. The zero-order valence-corrected chi connectivity index (χ0v) is 22.6. The second-order valence-corrected chi connectivity index (χ2v) is 8.87. The van der Waals surface area contributed by atoms with Crippen LogP contribution in [0.5, 0.6) is 0 Å². The van der Waals surface area contributed by atoms with Crippen molar-refractivity contribution in [1.29, 1.82) is 0 Å². The molecule has 208 valence electrons. The Kier molecular flexibility index (Phi) is 14.8. The van der Waals surface area contributed by atoms with Crippen LogP contribution < -0.4 is 22.7 Å². The smallest absolute Gasteiger partial charge is 0.306 e. The van der Waals surface area contributed by atoms with E-state index in [4.69, 9.17) is 24.7 Å². The zero-order valence-electron chi connectivity index (χ0n) is 21.9. The maximum atomic E-state index is 12.6. The molecule has 0 radical (unpaired) electrons. The third kappa shape index (κ3) is 10.3. The van der Waals surface area contributed by atoms with Gasteiger partial charge in [-0.1, -0.05) is 40.0 Å². The predicted molar refractivity (Wildman–Crippen MR) is 128 cm³/mol. The van der Waals surface area contributed by atoms with Gasteiger partial charge in [0.25, 0.3) is 5.91 Å². The number of esters is 3. The first-order chi connectivity index (χ1) is 17.3. The normalized spacial score (nSPS) is 20.5. The van der Waals surface area contributed by atoms with E-state index in [1.54, 1.807) is 22.9 Å². The highest BCUT2D eigenvalue weighted by atomic mass is 35.5. The molecular weight excluding hydrogens is 504 g/mol. The van der Waals surface area contributed by atoms with Gasteiger partial charge in [0, 0.05) is 25.3 Å². The summed E-state index contributed by atoms with van der Waals surface area (Å²) >= 11 is 0. The lowest BCUT2D eigenvalue weighted by molar-refractivity contribution is -0.765. The minimum absolute atomic E-state index is 0. The first kappa shape index (κ1) is 32.3. The number of halogens is 1. The van der Waals surface area contributed by atoms with Crippen molar-refractivity contribution in [3.63, 3.8) is 0 Å². The third-order valence-corrected chi connectivity index (χ3v) is 5.83. The molecule has 1 aromatic rings. The highest BCUT2D eigenvalue weighted by molar-refractivity contribution is 5.92. The quantitative estimate of drug-likeness (QED) is 0.185. The number of ether oxygens (including phenoxy) is 4. The lowest BCUT2D eigenvalue weighted by Gasteiger charge is -2.22. The van der Waals surface area contributed by atoms with Crippen LogP contribution in [0.4, 0.5) is 0 Å². The molecule has 2 N–H and O–H groups in total. The fourth-order valence-corrected chi connectivity index (χ4v) is 3.78. The number of nitrogens with two attached hydrogens (primary N) is 1. The van der Waals surface area contributed by atoms with Gasteiger partial charge < -0.3 is 37.1 Å². The molecule has 37 heavy (non-hydrogen) atoms. The number of carbonyl (C=O) groups excluding carboxylic acids is 4. The van der Waals surface area contributed by atoms with Crippen LogP contribution in [-0.2, 0) is 33.3 Å². The number of rotatable bonds is 15. The van der Waals surface area contributed by atoms with E-state index in [-0.39, 0.29) is 49.8 Å². The number of pyridine rings is 1. The molecule has 1 aliphatic rings. The van der Waals surface area contributed by atoms with Gasteiger partial charge in [0.1, 0.15) is 18.3 Å². The Hall–Kier alpha value is -2.72.